The molecular weight excluding hydrogens is 275 g/mol. The molecule has 0 radical (unpaired) electrons. The Morgan fingerprint density at radius 3 is 2.09 bits per heavy atom. The number of ether oxygens (including phenoxy) is 1. The highest BCUT2D eigenvalue weighted by molar-refractivity contribution is 5.21. The zero-order valence-electron chi connectivity index (χ0n) is 14.0. The van der Waals surface area contributed by atoms with E-state index in [-0.39, 0.29) is 5.82 Å². The lowest BCUT2D eigenvalue weighted by atomic mass is 9.78. The molecule has 0 N–H and O–H groups in total. The summed E-state index contributed by atoms with van der Waals surface area (Å²) in [5.74, 6) is 2.47. The first-order chi connectivity index (χ1) is 10.8. The monoisotopic (exact) mass is 306 g/mol. The zero-order valence-corrected chi connectivity index (χ0v) is 14.0. The van der Waals surface area contributed by atoms with Crippen molar-refractivity contribution < 1.29 is 9.13 Å². The van der Waals surface area contributed by atoms with Crippen molar-refractivity contribution in [1.82, 2.24) is 0 Å². The van der Waals surface area contributed by atoms with Gasteiger partial charge in [0.15, 0.2) is 0 Å². The van der Waals surface area contributed by atoms with E-state index >= 15 is 0 Å². The molecule has 1 aliphatic rings. The normalized spacial score (nSPS) is 21.7. The maximum Gasteiger partial charge on any atom is 0.123 e. The van der Waals surface area contributed by atoms with Gasteiger partial charge < -0.3 is 4.74 Å². The Morgan fingerprint density at radius 1 is 0.909 bits per heavy atom. The number of benzene rings is 1. The molecule has 1 aromatic rings. The maximum absolute atomic E-state index is 12.8. The highest BCUT2D eigenvalue weighted by atomic mass is 19.1. The number of hydrogen-bond donors (Lipinski definition) is 0. The topological polar surface area (TPSA) is 9.23 Å². The molecule has 1 aromatic carbocycles. The van der Waals surface area contributed by atoms with Crippen LogP contribution in [0.4, 0.5) is 4.39 Å². The highest BCUT2D eigenvalue weighted by Gasteiger charge is 2.20. The molecule has 0 bridgehead atoms. The van der Waals surface area contributed by atoms with Crippen LogP contribution in [-0.4, -0.2) is 6.61 Å². The minimum Gasteiger partial charge on any atom is -0.494 e. The van der Waals surface area contributed by atoms with Crippen LogP contribution < -0.4 is 4.74 Å². The summed E-state index contributed by atoms with van der Waals surface area (Å²) < 4.78 is 18.5. The molecule has 124 valence electrons. The van der Waals surface area contributed by atoms with Crippen LogP contribution in [0.25, 0.3) is 0 Å². The predicted octanol–water partition coefficient (Wildman–Crippen LogP) is 6.37. The van der Waals surface area contributed by atoms with Gasteiger partial charge in [-0.25, -0.2) is 4.39 Å². The third-order valence-electron chi connectivity index (χ3n) is 5.02. The first kappa shape index (κ1) is 17.3. The summed E-state index contributed by atoms with van der Waals surface area (Å²) in [4.78, 5) is 0. The number of halogens is 1. The van der Waals surface area contributed by atoms with E-state index in [1.165, 1.54) is 69.9 Å². The van der Waals surface area contributed by atoms with Crippen LogP contribution in [0.3, 0.4) is 0 Å². The van der Waals surface area contributed by atoms with E-state index in [1.54, 1.807) is 12.1 Å². The SMILES string of the molecule is CCCCC[C@H]1CC[C@H](CCCOc2ccc(F)cc2)CC1. The van der Waals surface area contributed by atoms with Crippen LogP contribution in [0.2, 0.25) is 0 Å². The Balaban J connectivity index is 1.52. The zero-order chi connectivity index (χ0) is 15.6. The van der Waals surface area contributed by atoms with Crippen molar-refractivity contribution in [3.63, 3.8) is 0 Å². The fraction of sp³-hybridized carbons (Fsp3) is 0.700. The van der Waals surface area contributed by atoms with Crippen LogP contribution in [0, 0.1) is 17.7 Å². The van der Waals surface area contributed by atoms with Crippen molar-refractivity contribution in [3.8, 4) is 5.75 Å². The molecule has 0 heterocycles. The minimum atomic E-state index is -0.206. The minimum absolute atomic E-state index is 0.206. The maximum atomic E-state index is 12.8. The molecule has 22 heavy (non-hydrogen) atoms. The van der Waals surface area contributed by atoms with Gasteiger partial charge in [-0.2, -0.15) is 0 Å². The predicted molar refractivity (Wildman–Crippen MR) is 90.7 cm³/mol. The van der Waals surface area contributed by atoms with Gasteiger partial charge in [-0.05, 0) is 48.9 Å². The van der Waals surface area contributed by atoms with Crippen molar-refractivity contribution in [3.05, 3.63) is 30.1 Å². The van der Waals surface area contributed by atoms with Crippen molar-refractivity contribution in [2.75, 3.05) is 6.61 Å². The Bertz CT molecular complexity index is 393. The summed E-state index contributed by atoms with van der Waals surface area (Å²) in [5, 5.41) is 0. The lowest BCUT2D eigenvalue weighted by Crippen LogP contribution is -2.15. The molecule has 2 rings (SSSR count). The molecule has 0 amide bonds. The molecule has 0 atom stereocenters. The molecular formula is C20H31FO. The molecule has 2 heteroatoms. The number of rotatable bonds is 9. The fourth-order valence-corrected chi connectivity index (χ4v) is 3.58. The van der Waals surface area contributed by atoms with Crippen LogP contribution in [0.5, 0.6) is 5.75 Å². The van der Waals surface area contributed by atoms with Gasteiger partial charge in [-0.1, -0.05) is 58.3 Å². The molecule has 1 saturated carbocycles. The van der Waals surface area contributed by atoms with E-state index in [2.05, 4.69) is 6.92 Å². The van der Waals surface area contributed by atoms with Gasteiger partial charge in [0.2, 0.25) is 0 Å². The van der Waals surface area contributed by atoms with Crippen LogP contribution in [0.1, 0.15) is 71.1 Å². The van der Waals surface area contributed by atoms with Crippen LogP contribution in [-0.2, 0) is 0 Å². The van der Waals surface area contributed by atoms with Crippen molar-refractivity contribution in [2.45, 2.75) is 71.1 Å². The molecule has 0 spiro atoms. The Labute approximate surface area is 135 Å². The van der Waals surface area contributed by atoms with E-state index in [0.717, 1.165) is 30.6 Å². The third-order valence-corrected chi connectivity index (χ3v) is 5.02. The fourth-order valence-electron chi connectivity index (χ4n) is 3.58. The lowest BCUT2D eigenvalue weighted by Gasteiger charge is -2.28. The molecule has 0 saturated heterocycles. The molecule has 0 aliphatic heterocycles. The summed E-state index contributed by atoms with van der Waals surface area (Å²) in [7, 11) is 0. The van der Waals surface area contributed by atoms with Crippen molar-refractivity contribution >= 4 is 0 Å². The summed E-state index contributed by atoms with van der Waals surface area (Å²) in [6.07, 6.45) is 13.7. The van der Waals surface area contributed by atoms with Gasteiger partial charge in [0.05, 0.1) is 6.61 Å². The van der Waals surface area contributed by atoms with E-state index in [0.29, 0.717) is 0 Å². The smallest absolute Gasteiger partial charge is 0.123 e. The molecule has 0 unspecified atom stereocenters. The third kappa shape index (κ3) is 6.37. The Kier molecular flexibility index (Phi) is 7.76. The van der Waals surface area contributed by atoms with Crippen LogP contribution >= 0.6 is 0 Å². The number of hydrogen-bond acceptors (Lipinski definition) is 1. The van der Waals surface area contributed by atoms with Gasteiger partial charge in [-0.3, -0.25) is 0 Å². The Morgan fingerprint density at radius 2 is 1.50 bits per heavy atom. The molecule has 1 aliphatic carbocycles. The second kappa shape index (κ2) is 9.86. The summed E-state index contributed by atoms with van der Waals surface area (Å²) in [6.45, 7) is 3.03. The average molecular weight is 306 g/mol. The van der Waals surface area contributed by atoms with E-state index in [1.807, 2.05) is 0 Å². The van der Waals surface area contributed by atoms with E-state index < -0.39 is 0 Å². The highest BCUT2D eigenvalue weighted by Crippen LogP contribution is 2.34. The van der Waals surface area contributed by atoms with E-state index in [4.69, 9.17) is 4.74 Å². The Hall–Kier alpha value is -1.05. The quantitative estimate of drug-likeness (QED) is 0.481. The summed E-state index contributed by atoms with van der Waals surface area (Å²) in [5.41, 5.74) is 0. The van der Waals surface area contributed by atoms with Crippen LogP contribution in [0.15, 0.2) is 24.3 Å². The lowest BCUT2D eigenvalue weighted by molar-refractivity contribution is 0.228. The first-order valence-electron chi connectivity index (χ1n) is 9.16. The first-order valence-corrected chi connectivity index (χ1v) is 9.16. The second-order valence-electron chi connectivity index (χ2n) is 6.83. The van der Waals surface area contributed by atoms with Gasteiger partial charge in [0, 0.05) is 0 Å². The molecule has 0 aromatic heterocycles. The molecule has 1 nitrogen and oxygen atoms in total. The van der Waals surface area contributed by atoms with Gasteiger partial charge in [-0.15, -0.1) is 0 Å². The van der Waals surface area contributed by atoms with E-state index in [9.17, 15) is 4.39 Å². The van der Waals surface area contributed by atoms with Gasteiger partial charge in [0.25, 0.3) is 0 Å². The van der Waals surface area contributed by atoms with Crippen molar-refractivity contribution in [1.29, 1.82) is 0 Å². The standard InChI is InChI=1S/C20H31FO/c1-2-3-4-6-17-8-10-18(11-9-17)7-5-16-22-20-14-12-19(21)13-15-20/h12-15,17-18H,2-11,16H2,1H3/t17-,18-. The summed E-state index contributed by atoms with van der Waals surface area (Å²) in [6, 6.07) is 6.32. The molecule has 1 fully saturated rings. The van der Waals surface area contributed by atoms with Gasteiger partial charge in [0.1, 0.15) is 11.6 Å². The summed E-state index contributed by atoms with van der Waals surface area (Å²) >= 11 is 0. The second-order valence-corrected chi connectivity index (χ2v) is 6.83. The largest absolute Gasteiger partial charge is 0.494 e. The number of unbranched alkanes of at least 4 members (excludes halogenated alkanes) is 2. The van der Waals surface area contributed by atoms with Gasteiger partial charge >= 0.3 is 0 Å². The average Bonchev–Trinajstić information content (AvgIpc) is 2.55. The van der Waals surface area contributed by atoms with Crippen molar-refractivity contribution in [2.24, 2.45) is 11.8 Å².